The molecule has 0 bridgehead atoms. The van der Waals surface area contributed by atoms with Gasteiger partial charge < -0.3 is 19.6 Å². The molecule has 1 aromatic rings. The summed E-state index contributed by atoms with van der Waals surface area (Å²) < 4.78 is 6.19. The third-order valence-corrected chi connectivity index (χ3v) is 5.86. The number of β-amino-alcohol motifs (C(OH)–C–C–N with tert-alkyl or cyclic N) is 1. The molecule has 27 heavy (non-hydrogen) atoms. The van der Waals surface area contributed by atoms with Crippen LogP contribution in [0.4, 0.5) is 5.69 Å². The molecule has 146 valence electrons. The summed E-state index contributed by atoms with van der Waals surface area (Å²) in [6.45, 7) is 7.72. The third-order valence-electron chi connectivity index (χ3n) is 5.86. The first-order valence-corrected chi connectivity index (χ1v) is 10.3. The highest BCUT2D eigenvalue weighted by Crippen LogP contribution is 2.37. The lowest BCUT2D eigenvalue weighted by Gasteiger charge is -2.42. The summed E-state index contributed by atoms with van der Waals surface area (Å²) in [5.41, 5.74) is 1.22. The zero-order valence-corrected chi connectivity index (χ0v) is 16.0. The van der Waals surface area contributed by atoms with Gasteiger partial charge in [-0.3, -0.25) is 4.90 Å². The van der Waals surface area contributed by atoms with Gasteiger partial charge >= 0.3 is 0 Å². The van der Waals surface area contributed by atoms with Gasteiger partial charge in [0.2, 0.25) is 0 Å². The molecule has 2 heterocycles. The van der Waals surface area contributed by atoms with Crippen LogP contribution in [0.5, 0.6) is 5.75 Å². The van der Waals surface area contributed by atoms with Crippen LogP contribution >= 0.6 is 0 Å². The average molecular weight is 370 g/mol. The molecule has 1 aliphatic carbocycles. The van der Waals surface area contributed by atoms with Gasteiger partial charge in [-0.15, -0.1) is 0 Å². The number of piperazine rings is 1. The molecule has 2 unspecified atom stereocenters. The Balaban J connectivity index is 1.29. The number of para-hydroxylation sites is 2. The van der Waals surface area contributed by atoms with E-state index in [0.29, 0.717) is 6.04 Å². The maximum Gasteiger partial charge on any atom is 0.143 e. The molecule has 1 fully saturated rings. The number of hydrogen-bond donors (Lipinski definition) is 1. The molecule has 2 atom stereocenters. The topological polar surface area (TPSA) is 39.2 Å². The van der Waals surface area contributed by atoms with Crippen molar-refractivity contribution in [2.24, 2.45) is 0 Å². The summed E-state index contributed by atoms with van der Waals surface area (Å²) in [5.74, 6) is 0.999. The molecule has 5 nitrogen and oxygen atoms in total. The number of unbranched alkanes of at least 4 members (excludes halogenated alkanes) is 1. The largest absolute Gasteiger partial charge is 0.482 e. The number of anilines is 1. The maximum atomic E-state index is 9.06. The highest BCUT2D eigenvalue weighted by molar-refractivity contribution is 5.62. The summed E-state index contributed by atoms with van der Waals surface area (Å²) in [6.07, 6.45) is 11.2. The molecule has 2 aliphatic heterocycles. The Labute approximate surface area is 162 Å². The van der Waals surface area contributed by atoms with Gasteiger partial charge in [0.05, 0.1) is 18.3 Å². The highest BCUT2D eigenvalue weighted by Gasteiger charge is 2.33. The molecule has 1 aromatic carbocycles. The summed E-state index contributed by atoms with van der Waals surface area (Å²) in [6, 6.07) is 8.71. The van der Waals surface area contributed by atoms with Crippen molar-refractivity contribution in [3.05, 3.63) is 48.6 Å². The predicted molar refractivity (Wildman–Crippen MR) is 109 cm³/mol. The van der Waals surface area contributed by atoms with E-state index in [9.17, 15) is 0 Å². The molecule has 0 radical (unpaired) electrons. The SMILES string of the molecule is OCCN1CCN(CCCCN2c3ccccc3OC3C=CC=CC32)CC1. The van der Waals surface area contributed by atoms with E-state index in [1.165, 1.54) is 25.1 Å². The van der Waals surface area contributed by atoms with E-state index < -0.39 is 0 Å². The van der Waals surface area contributed by atoms with Gasteiger partial charge in [0.15, 0.2) is 0 Å². The van der Waals surface area contributed by atoms with Gasteiger partial charge in [0.1, 0.15) is 11.9 Å². The monoisotopic (exact) mass is 369 g/mol. The van der Waals surface area contributed by atoms with Gasteiger partial charge in [0, 0.05) is 39.3 Å². The van der Waals surface area contributed by atoms with Crippen LogP contribution in [0, 0.1) is 0 Å². The molecule has 1 saturated heterocycles. The second-order valence-electron chi connectivity index (χ2n) is 7.62. The van der Waals surface area contributed by atoms with Crippen LogP contribution < -0.4 is 9.64 Å². The Morgan fingerprint density at radius 2 is 1.59 bits per heavy atom. The number of fused-ring (bicyclic) bond motifs is 2. The van der Waals surface area contributed by atoms with E-state index in [1.54, 1.807) is 0 Å². The Kier molecular flexibility index (Phi) is 6.12. The van der Waals surface area contributed by atoms with Crippen LogP contribution in [0.1, 0.15) is 12.8 Å². The van der Waals surface area contributed by atoms with E-state index in [-0.39, 0.29) is 12.7 Å². The molecule has 0 aromatic heterocycles. The first-order chi connectivity index (χ1) is 13.3. The van der Waals surface area contributed by atoms with Gasteiger partial charge in [-0.25, -0.2) is 0 Å². The molecular weight excluding hydrogens is 338 g/mol. The summed E-state index contributed by atoms with van der Waals surface area (Å²) in [7, 11) is 0. The van der Waals surface area contributed by atoms with Gasteiger partial charge in [0.25, 0.3) is 0 Å². The summed E-state index contributed by atoms with van der Waals surface area (Å²) in [4.78, 5) is 7.43. The number of ether oxygens (including phenoxy) is 1. The molecule has 5 heteroatoms. The number of allylic oxidation sites excluding steroid dienone is 2. The Morgan fingerprint density at radius 3 is 2.41 bits per heavy atom. The van der Waals surface area contributed by atoms with Crippen LogP contribution in [0.2, 0.25) is 0 Å². The lowest BCUT2D eigenvalue weighted by molar-refractivity contribution is 0.111. The molecular formula is C22H31N3O2. The van der Waals surface area contributed by atoms with E-state index in [4.69, 9.17) is 9.84 Å². The minimum atomic E-state index is 0.115. The predicted octanol–water partition coefficient (Wildman–Crippen LogP) is 2.14. The molecule has 0 saturated carbocycles. The molecule has 0 spiro atoms. The number of aliphatic hydroxyl groups excluding tert-OH is 1. The minimum Gasteiger partial charge on any atom is -0.482 e. The Hall–Kier alpha value is -1.82. The van der Waals surface area contributed by atoms with Crippen LogP contribution in [0.15, 0.2) is 48.6 Å². The fourth-order valence-electron chi connectivity index (χ4n) is 4.33. The van der Waals surface area contributed by atoms with E-state index >= 15 is 0 Å². The van der Waals surface area contributed by atoms with Gasteiger partial charge in [-0.05, 0) is 37.6 Å². The normalized spacial score (nSPS) is 25.1. The van der Waals surface area contributed by atoms with Crippen LogP contribution in [0.25, 0.3) is 0 Å². The smallest absolute Gasteiger partial charge is 0.143 e. The lowest BCUT2D eigenvalue weighted by atomic mass is 9.99. The second-order valence-corrected chi connectivity index (χ2v) is 7.62. The molecule has 1 N–H and O–H groups in total. The fraction of sp³-hybridized carbons (Fsp3) is 0.545. The number of aliphatic hydroxyl groups is 1. The molecule has 0 amide bonds. The van der Waals surface area contributed by atoms with E-state index in [1.807, 2.05) is 0 Å². The van der Waals surface area contributed by atoms with Crippen molar-refractivity contribution in [3.63, 3.8) is 0 Å². The van der Waals surface area contributed by atoms with Crippen molar-refractivity contribution in [1.82, 2.24) is 9.80 Å². The van der Waals surface area contributed by atoms with E-state index in [2.05, 4.69) is 63.3 Å². The highest BCUT2D eigenvalue weighted by atomic mass is 16.5. The standard InChI is InChI=1S/C22H31N3O2/c26-18-17-24-15-13-23(14-16-24)11-5-6-12-25-19-7-1-3-9-21(19)27-22-10-4-2-8-20(22)25/h1-4,7-10,19,21,26H,5-6,11-18H2. The quantitative estimate of drug-likeness (QED) is 0.746. The van der Waals surface area contributed by atoms with Crippen LogP contribution in [-0.4, -0.2) is 79.5 Å². The van der Waals surface area contributed by atoms with E-state index in [0.717, 1.165) is 45.0 Å². The molecule has 3 aliphatic rings. The van der Waals surface area contributed by atoms with Crippen molar-refractivity contribution in [3.8, 4) is 5.75 Å². The zero-order valence-electron chi connectivity index (χ0n) is 16.0. The summed E-state index contributed by atoms with van der Waals surface area (Å²) >= 11 is 0. The van der Waals surface area contributed by atoms with Gasteiger partial charge in [-0.2, -0.15) is 0 Å². The minimum absolute atomic E-state index is 0.115. The lowest BCUT2D eigenvalue weighted by Crippen LogP contribution is -2.49. The van der Waals surface area contributed by atoms with Crippen molar-refractivity contribution in [2.45, 2.75) is 25.0 Å². The first-order valence-electron chi connectivity index (χ1n) is 10.3. The molecule has 4 rings (SSSR count). The maximum absolute atomic E-state index is 9.06. The zero-order chi connectivity index (χ0) is 18.5. The second kappa shape index (κ2) is 8.91. The number of hydrogen-bond acceptors (Lipinski definition) is 5. The van der Waals surface area contributed by atoms with Crippen molar-refractivity contribution in [2.75, 3.05) is 57.3 Å². The van der Waals surface area contributed by atoms with Crippen molar-refractivity contribution >= 4 is 5.69 Å². The van der Waals surface area contributed by atoms with Crippen LogP contribution in [0.3, 0.4) is 0 Å². The van der Waals surface area contributed by atoms with Crippen molar-refractivity contribution < 1.29 is 9.84 Å². The Morgan fingerprint density at radius 1 is 0.889 bits per heavy atom. The fourth-order valence-corrected chi connectivity index (χ4v) is 4.33. The first kappa shape index (κ1) is 18.5. The Bertz CT molecular complexity index is 667. The van der Waals surface area contributed by atoms with Gasteiger partial charge in [-0.1, -0.05) is 30.4 Å². The number of nitrogens with zero attached hydrogens (tertiary/aromatic N) is 3. The average Bonchev–Trinajstić information content (AvgIpc) is 2.72. The third kappa shape index (κ3) is 4.37. The summed E-state index contributed by atoms with van der Waals surface area (Å²) in [5, 5.41) is 9.06. The number of benzene rings is 1. The van der Waals surface area contributed by atoms with Crippen LogP contribution in [-0.2, 0) is 0 Å². The number of rotatable bonds is 7. The van der Waals surface area contributed by atoms with Crippen molar-refractivity contribution in [1.29, 1.82) is 0 Å².